The van der Waals surface area contributed by atoms with Crippen LogP contribution < -0.4 is 5.32 Å². The standard InChI is InChI=1S/C17H21NO3S/c1-4-17(2,3)15-12-14(22(19,20)21)10-11-16(15)18-13-8-6-5-7-9-13/h5-12,18H,4H2,1-3H3,(H,19,20,21)/p+1. The van der Waals surface area contributed by atoms with Gasteiger partial charge in [-0.2, -0.15) is 8.42 Å². The normalized spacial score (nSPS) is 12.4. The van der Waals surface area contributed by atoms with E-state index in [1.54, 1.807) is 12.1 Å². The molecule has 2 aromatic carbocycles. The molecular weight excluding hydrogens is 298 g/mol. The Morgan fingerprint density at radius 2 is 1.73 bits per heavy atom. The van der Waals surface area contributed by atoms with Crippen molar-refractivity contribution in [2.45, 2.75) is 37.5 Å². The Bertz CT molecular complexity index is 753. The highest BCUT2D eigenvalue weighted by molar-refractivity contribution is 7.85. The second kappa shape index (κ2) is 6.20. The molecule has 2 rings (SSSR count). The molecule has 0 saturated carbocycles. The van der Waals surface area contributed by atoms with Crippen molar-refractivity contribution in [2.24, 2.45) is 0 Å². The lowest BCUT2D eigenvalue weighted by Gasteiger charge is -2.25. The van der Waals surface area contributed by atoms with Crippen LogP contribution in [0.1, 0.15) is 32.8 Å². The van der Waals surface area contributed by atoms with E-state index in [2.05, 4.69) is 20.8 Å². The highest BCUT2D eigenvalue weighted by atomic mass is 32.2. The quantitative estimate of drug-likeness (QED) is 0.657. The molecule has 0 spiro atoms. The average molecular weight is 320 g/mol. The number of hydrogen-bond donors (Lipinski definition) is 2. The van der Waals surface area contributed by atoms with Crippen molar-refractivity contribution < 1.29 is 18.3 Å². The molecule has 118 valence electrons. The third-order valence-corrected chi connectivity index (χ3v) is 4.91. The molecule has 3 N–H and O–H groups in total. The van der Waals surface area contributed by atoms with Gasteiger partial charge in [0.05, 0.1) is 4.90 Å². The molecule has 0 atom stereocenters. The van der Waals surface area contributed by atoms with Gasteiger partial charge in [-0.05, 0) is 36.1 Å². The molecule has 2 aromatic rings. The molecule has 22 heavy (non-hydrogen) atoms. The largest absolute Gasteiger partial charge is 0.294 e. The maximum absolute atomic E-state index is 11.4. The molecular formula is C17H22NO3S+. The van der Waals surface area contributed by atoms with Gasteiger partial charge in [0.2, 0.25) is 0 Å². The van der Waals surface area contributed by atoms with Gasteiger partial charge in [-0.1, -0.05) is 39.0 Å². The topological polar surface area (TPSA) is 71.0 Å². The maximum Gasteiger partial charge on any atom is 0.294 e. The van der Waals surface area contributed by atoms with Gasteiger partial charge in [-0.3, -0.25) is 9.87 Å². The summed E-state index contributed by atoms with van der Waals surface area (Å²) in [4.78, 5) is -0.0609. The zero-order valence-corrected chi connectivity index (χ0v) is 13.9. The minimum Gasteiger partial charge on any atom is -0.282 e. The second-order valence-corrected chi connectivity index (χ2v) is 7.44. The molecule has 4 nitrogen and oxygen atoms in total. The lowest BCUT2D eigenvalue weighted by Crippen LogP contribution is -2.71. The summed E-state index contributed by atoms with van der Waals surface area (Å²) in [5.41, 5.74) is 2.73. The van der Waals surface area contributed by atoms with Crippen molar-refractivity contribution >= 4 is 21.5 Å². The number of para-hydroxylation sites is 1. The number of rotatable bonds is 5. The SMILES string of the molecule is CCC(C)(C)c1cc(S(=O)(=O)O)ccc1[NH2+]c1ccccc1. The molecule has 0 aliphatic carbocycles. The Hall–Kier alpha value is -1.69. The summed E-state index contributed by atoms with van der Waals surface area (Å²) in [6.45, 7) is 6.20. The fraction of sp³-hybridized carbons (Fsp3) is 0.294. The number of hydrogen-bond acceptors (Lipinski definition) is 2. The van der Waals surface area contributed by atoms with E-state index < -0.39 is 10.1 Å². The van der Waals surface area contributed by atoms with E-state index in [-0.39, 0.29) is 10.3 Å². The van der Waals surface area contributed by atoms with Gasteiger partial charge in [-0.25, -0.2) is 0 Å². The summed E-state index contributed by atoms with van der Waals surface area (Å²) in [6.07, 6.45) is 0.859. The zero-order chi connectivity index (χ0) is 16.4. The first-order valence-electron chi connectivity index (χ1n) is 7.26. The van der Waals surface area contributed by atoms with Gasteiger partial charge in [0.15, 0.2) is 0 Å². The van der Waals surface area contributed by atoms with Crippen LogP contribution >= 0.6 is 0 Å². The van der Waals surface area contributed by atoms with E-state index in [1.807, 2.05) is 35.6 Å². The molecule has 0 heterocycles. The summed E-state index contributed by atoms with van der Waals surface area (Å²) in [5.74, 6) is 0. The van der Waals surface area contributed by atoms with Gasteiger partial charge in [0.25, 0.3) is 10.1 Å². The predicted octanol–water partition coefficient (Wildman–Crippen LogP) is 3.15. The van der Waals surface area contributed by atoms with E-state index in [0.717, 1.165) is 23.4 Å². The summed E-state index contributed by atoms with van der Waals surface area (Å²) in [5, 5.41) is 2.03. The summed E-state index contributed by atoms with van der Waals surface area (Å²) < 4.78 is 32.1. The first-order valence-corrected chi connectivity index (χ1v) is 8.70. The Balaban J connectivity index is 2.54. The molecule has 0 unspecified atom stereocenters. The third-order valence-electron chi connectivity index (χ3n) is 4.06. The van der Waals surface area contributed by atoms with Gasteiger partial charge >= 0.3 is 0 Å². The van der Waals surface area contributed by atoms with Crippen LogP contribution in [-0.4, -0.2) is 13.0 Å². The minimum absolute atomic E-state index is 0.0609. The van der Waals surface area contributed by atoms with Crippen molar-refractivity contribution in [2.75, 3.05) is 0 Å². The lowest BCUT2D eigenvalue weighted by atomic mass is 9.81. The Kier molecular flexibility index (Phi) is 4.70. The average Bonchev–Trinajstić information content (AvgIpc) is 2.47. The Morgan fingerprint density at radius 3 is 2.27 bits per heavy atom. The van der Waals surface area contributed by atoms with E-state index in [4.69, 9.17) is 0 Å². The molecule has 0 radical (unpaired) electrons. The molecule has 0 bridgehead atoms. The van der Waals surface area contributed by atoms with Crippen LogP contribution in [0, 0.1) is 0 Å². The molecule has 5 heteroatoms. The summed E-state index contributed by atoms with van der Waals surface area (Å²) in [6, 6.07) is 14.6. The van der Waals surface area contributed by atoms with Crippen LogP contribution in [0.25, 0.3) is 0 Å². The van der Waals surface area contributed by atoms with E-state index in [1.165, 1.54) is 6.07 Å². The molecule has 0 amide bonds. The van der Waals surface area contributed by atoms with E-state index in [9.17, 15) is 13.0 Å². The van der Waals surface area contributed by atoms with Crippen LogP contribution in [0.2, 0.25) is 0 Å². The summed E-state index contributed by atoms with van der Waals surface area (Å²) >= 11 is 0. The molecule has 0 aromatic heterocycles. The first-order chi connectivity index (χ1) is 10.2. The second-order valence-electron chi connectivity index (χ2n) is 6.02. The highest BCUT2D eigenvalue weighted by Crippen LogP contribution is 2.32. The Labute approximate surface area is 131 Å². The van der Waals surface area contributed by atoms with Gasteiger partial charge < -0.3 is 0 Å². The van der Waals surface area contributed by atoms with Crippen LogP contribution in [0.5, 0.6) is 0 Å². The van der Waals surface area contributed by atoms with Crippen molar-refractivity contribution in [3.8, 4) is 0 Å². The van der Waals surface area contributed by atoms with Crippen LogP contribution in [0.3, 0.4) is 0 Å². The molecule has 0 fully saturated rings. The number of benzene rings is 2. The minimum atomic E-state index is -4.20. The monoisotopic (exact) mass is 320 g/mol. The first kappa shape index (κ1) is 16.7. The fourth-order valence-corrected chi connectivity index (χ4v) is 2.83. The maximum atomic E-state index is 11.4. The van der Waals surface area contributed by atoms with Crippen LogP contribution in [0.15, 0.2) is 53.4 Å². The van der Waals surface area contributed by atoms with Gasteiger partial charge in [-0.15, -0.1) is 0 Å². The fourth-order valence-electron chi connectivity index (χ4n) is 2.33. The zero-order valence-electron chi connectivity index (χ0n) is 13.1. The highest BCUT2D eigenvalue weighted by Gasteiger charge is 2.26. The van der Waals surface area contributed by atoms with E-state index >= 15 is 0 Å². The molecule has 0 aliphatic heterocycles. The lowest BCUT2D eigenvalue weighted by molar-refractivity contribution is -0.479. The van der Waals surface area contributed by atoms with Gasteiger partial charge in [0, 0.05) is 11.6 Å². The van der Waals surface area contributed by atoms with E-state index in [0.29, 0.717) is 0 Å². The van der Waals surface area contributed by atoms with Crippen molar-refractivity contribution in [1.82, 2.24) is 0 Å². The van der Waals surface area contributed by atoms with Crippen molar-refractivity contribution in [1.29, 1.82) is 0 Å². The number of quaternary nitrogens is 1. The molecule has 0 aliphatic rings. The molecule has 0 saturated heterocycles. The van der Waals surface area contributed by atoms with Gasteiger partial charge in [0.1, 0.15) is 11.4 Å². The Morgan fingerprint density at radius 1 is 1.09 bits per heavy atom. The smallest absolute Gasteiger partial charge is 0.282 e. The number of nitrogens with two attached hydrogens (primary N) is 1. The van der Waals surface area contributed by atoms with Crippen molar-refractivity contribution in [3.63, 3.8) is 0 Å². The third kappa shape index (κ3) is 3.74. The van der Waals surface area contributed by atoms with Crippen LogP contribution in [-0.2, 0) is 15.5 Å². The van der Waals surface area contributed by atoms with Crippen molar-refractivity contribution in [3.05, 3.63) is 54.1 Å². The van der Waals surface area contributed by atoms with Crippen LogP contribution in [0.4, 0.5) is 11.4 Å². The summed E-state index contributed by atoms with van der Waals surface area (Å²) in [7, 11) is -4.20. The predicted molar refractivity (Wildman–Crippen MR) is 87.3 cm³/mol.